The minimum absolute atomic E-state index is 0.172. The molecule has 3 amide bonds. The van der Waals surface area contributed by atoms with Crippen molar-refractivity contribution in [2.45, 2.75) is 25.9 Å². The van der Waals surface area contributed by atoms with E-state index < -0.39 is 11.7 Å². The second-order valence-electron chi connectivity index (χ2n) is 7.73. The Morgan fingerprint density at radius 1 is 1.00 bits per heavy atom. The van der Waals surface area contributed by atoms with Gasteiger partial charge in [-0.15, -0.1) is 0 Å². The number of methoxy groups -OCH3 is 1. The predicted octanol–water partition coefficient (Wildman–Crippen LogP) is 4.16. The highest BCUT2D eigenvalue weighted by molar-refractivity contribution is 5.97. The van der Waals surface area contributed by atoms with Gasteiger partial charge in [-0.2, -0.15) is 13.2 Å². The van der Waals surface area contributed by atoms with Crippen LogP contribution in [-0.2, 0) is 15.8 Å². The van der Waals surface area contributed by atoms with Gasteiger partial charge >= 0.3 is 6.18 Å². The molecule has 0 atom stereocenters. The average Bonchev–Trinajstić information content (AvgIpc) is 2.78. The molecule has 1 fully saturated rings. The molecule has 0 saturated carbocycles. The number of hydrogen-bond donors (Lipinski definition) is 2. The van der Waals surface area contributed by atoms with Crippen molar-refractivity contribution in [3.63, 3.8) is 0 Å². The Labute approximate surface area is 188 Å². The smallest absolute Gasteiger partial charge is 0.416 e. The number of hydrogen-bond acceptors (Lipinski definition) is 4. The van der Waals surface area contributed by atoms with Crippen LogP contribution in [0.15, 0.2) is 42.5 Å². The Morgan fingerprint density at radius 2 is 1.64 bits per heavy atom. The Morgan fingerprint density at radius 3 is 2.18 bits per heavy atom. The molecule has 1 saturated heterocycles. The first kappa shape index (κ1) is 24.1. The fourth-order valence-corrected chi connectivity index (χ4v) is 3.65. The summed E-state index contributed by atoms with van der Waals surface area (Å²) < 4.78 is 43.4. The van der Waals surface area contributed by atoms with Gasteiger partial charge in [0.05, 0.1) is 18.4 Å². The third-order valence-electron chi connectivity index (χ3n) is 5.39. The number of alkyl halides is 3. The maximum atomic E-state index is 12.8. The first-order valence-corrected chi connectivity index (χ1v) is 10.3. The van der Waals surface area contributed by atoms with Gasteiger partial charge in [-0.05, 0) is 55.3 Å². The summed E-state index contributed by atoms with van der Waals surface area (Å²) in [5.74, 6) is -0.771. The number of carbonyl (C=O) groups excluding carboxylic acids is 3. The zero-order chi connectivity index (χ0) is 24.2. The summed E-state index contributed by atoms with van der Waals surface area (Å²) >= 11 is 0. The Kier molecular flexibility index (Phi) is 7.25. The second-order valence-corrected chi connectivity index (χ2v) is 7.73. The average molecular weight is 463 g/mol. The van der Waals surface area contributed by atoms with Gasteiger partial charge in [0, 0.05) is 37.2 Å². The molecule has 1 heterocycles. The van der Waals surface area contributed by atoms with E-state index in [1.165, 1.54) is 18.9 Å². The summed E-state index contributed by atoms with van der Waals surface area (Å²) in [5, 5.41) is 5.46. The second kappa shape index (κ2) is 9.93. The summed E-state index contributed by atoms with van der Waals surface area (Å²) in [4.78, 5) is 38.2. The number of anilines is 2. The van der Waals surface area contributed by atoms with Crippen LogP contribution >= 0.6 is 0 Å². The Balaban J connectivity index is 1.60. The zero-order valence-electron chi connectivity index (χ0n) is 18.2. The van der Waals surface area contributed by atoms with Gasteiger partial charge in [0.15, 0.2) is 0 Å². The van der Waals surface area contributed by atoms with Crippen molar-refractivity contribution in [1.82, 2.24) is 4.90 Å². The van der Waals surface area contributed by atoms with Gasteiger partial charge in [0.1, 0.15) is 5.75 Å². The van der Waals surface area contributed by atoms with Gasteiger partial charge in [0.2, 0.25) is 11.8 Å². The summed E-state index contributed by atoms with van der Waals surface area (Å²) in [6, 6.07) is 8.98. The third kappa shape index (κ3) is 6.03. The topological polar surface area (TPSA) is 87.7 Å². The van der Waals surface area contributed by atoms with Crippen molar-refractivity contribution in [2.24, 2.45) is 5.92 Å². The minimum atomic E-state index is -4.46. The number of nitrogens with zero attached hydrogens (tertiary/aromatic N) is 1. The van der Waals surface area contributed by atoms with Gasteiger partial charge in [-0.1, -0.05) is 0 Å². The van der Waals surface area contributed by atoms with Crippen LogP contribution in [0.25, 0.3) is 0 Å². The van der Waals surface area contributed by atoms with E-state index >= 15 is 0 Å². The lowest BCUT2D eigenvalue weighted by atomic mass is 9.95. The minimum Gasteiger partial charge on any atom is -0.495 e. The molecular weight excluding hydrogens is 439 g/mol. The molecule has 0 spiro atoms. The van der Waals surface area contributed by atoms with Crippen LogP contribution in [0, 0.1) is 5.92 Å². The molecule has 10 heteroatoms. The van der Waals surface area contributed by atoms with Crippen LogP contribution in [0.4, 0.5) is 24.5 Å². The molecule has 2 aromatic rings. The monoisotopic (exact) mass is 463 g/mol. The molecule has 0 unspecified atom stereocenters. The van der Waals surface area contributed by atoms with E-state index in [9.17, 15) is 27.6 Å². The van der Waals surface area contributed by atoms with Crippen LogP contribution in [-0.4, -0.2) is 42.8 Å². The van der Waals surface area contributed by atoms with E-state index in [-0.39, 0.29) is 29.2 Å². The first-order chi connectivity index (χ1) is 15.6. The molecule has 1 aliphatic heterocycles. The van der Waals surface area contributed by atoms with E-state index in [4.69, 9.17) is 4.74 Å². The number of rotatable bonds is 5. The van der Waals surface area contributed by atoms with Crippen LogP contribution < -0.4 is 15.4 Å². The SMILES string of the molecule is COc1ccc(NC(C)=O)cc1NC(=O)C1CCN(C(=O)c2ccc(C(F)(F)F)cc2)CC1. The number of piperidine rings is 1. The molecule has 0 aromatic heterocycles. The molecule has 0 aliphatic carbocycles. The largest absolute Gasteiger partial charge is 0.495 e. The van der Waals surface area contributed by atoms with Crippen LogP contribution in [0.5, 0.6) is 5.75 Å². The van der Waals surface area contributed by atoms with E-state index in [2.05, 4.69) is 10.6 Å². The van der Waals surface area contributed by atoms with Crippen molar-refractivity contribution in [2.75, 3.05) is 30.8 Å². The van der Waals surface area contributed by atoms with Crippen LogP contribution in [0.1, 0.15) is 35.7 Å². The molecular formula is C23H24F3N3O4. The van der Waals surface area contributed by atoms with Crippen molar-refractivity contribution in [3.05, 3.63) is 53.6 Å². The lowest BCUT2D eigenvalue weighted by Gasteiger charge is -2.31. The van der Waals surface area contributed by atoms with Crippen molar-refractivity contribution >= 4 is 29.1 Å². The van der Waals surface area contributed by atoms with E-state index in [1.807, 2.05) is 0 Å². The molecule has 2 aromatic carbocycles. The molecule has 176 valence electrons. The Hall–Kier alpha value is -3.56. The van der Waals surface area contributed by atoms with E-state index in [1.54, 1.807) is 18.2 Å². The van der Waals surface area contributed by atoms with E-state index in [0.29, 0.717) is 43.1 Å². The first-order valence-electron chi connectivity index (χ1n) is 10.3. The molecule has 0 bridgehead atoms. The van der Waals surface area contributed by atoms with Crippen molar-refractivity contribution < 1.29 is 32.3 Å². The van der Waals surface area contributed by atoms with E-state index in [0.717, 1.165) is 24.3 Å². The number of likely N-dealkylation sites (tertiary alicyclic amines) is 1. The fourth-order valence-electron chi connectivity index (χ4n) is 3.65. The van der Waals surface area contributed by atoms with Crippen molar-refractivity contribution in [3.8, 4) is 5.75 Å². The lowest BCUT2D eigenvalue weighted by Crippen LogP contribution is -2.41. The standard InChI is InChI=1S/C23H24F3N3O4/c1-14(30)27-18-7-8-20(33-2)19(13-18)28-21(31)15-9-11-29(12-10-15)22(32)16-3-5-17(6-4-16)23(24,25)26/h3-8,13,15H,9-12H2,1-2H3,(H,27,30)(H,28,31). The maximum Gasteiger partial charge on any atom is 0.416 e. The molecule has 33 heavy (non-hydrogen) atoms. The highest BCUT2D eigenvalue weighted by atomic mass is 19.4. The number of benzene rings is 2. The number of amides is 3. The Bertz CT molecular complexity index is 1030. The predicted molar refractivity (Wildman–Crippen MR) is 116 cm³/mol. The van der Waals surface area contributed by atoms with Crippen LogP contribution in [0.3, 0.4) is 0 Å². The van der Waals surface area contributed by atoms with Crippen molar-refractivity contribution in [1.29, 1.82) is 0 Å². The highest BCUT2D eigenvalue weighted by Crippen LogP contribution is 2.31. The number of carbonyl (C=O) groups is 3. The summed E-state index contributed by atoms with van der Waals surface area (Å²) in [6.45, 7) is 1.99. The summed E-state index contributed by atoms with van der Waals surface area (Å²) in [5.41, 5.74) is 0.283. The summed E-state index contributed by atoms with van der Waals surface area (Å²) in [6.07, 6.45) is -3.64. The number of halogens is 3. The van der Waals surface area contributed by atoms with Gasteiger partial charge in [-0.3, -0.25) is 14.4 Å². The highest BCUT2D eigenvalue weighted by Gasteiger charge is 2.31. The normalized spacial score (nSPS) is 14.5. The van der Waals surface area contributed by atoms with Gasteiger partial charge < -0.3 is 20.3 Å². The molecule has 2 N–H and O–H groups in total. The van der Waals surface area contributed by atoms with Crippen LogP contribution in [0.2, 0.25) is 0 Å². The number of nitrogens with one attached hydrogen (secondary N) is 2. The molecule has 3 rings (SSSR count). The zero-order valence-corrected chi connectivity index (χ0v) is 18.2. The van der Waals surface area contributed by atoms with Gasteiger partial charge in [-0.25, -0.2) is 0 Å². The molecule has 0 radical (unpaired) electrons. The third-order valence-corrected chi connectivity index (χ3v) is 5.39. The quantitative estimate of drug-likeness (QED) is 0.697. The summed E-state index contributed by atoms with van der Waals surface area (Å²) in [7, 11) is 1.47. The van der Waals surface area contributed by atoms with Gasteiger partial charge in [0.25, 0.3) is 5.91 Å². The lowest BCUT2D eigenvalue weighted by molar-refractivity contribution is -0.137. The molecule has 1 aliphatic rings. The molecule has 7 nitrogen and oxygen atoms in total. The number of ether oxygens (including phenoxy) is 1. The maximum absolute atomic E-state index is 12.8. The fraction of sp³-hybridized carbons (Fsp3) is 0.348.